The summed E-state index contributed by atoms with van der Waals surface area (Å²) in [7, 11) is 1.46. The van der Waals surface area contributed by atoms with Crippen LogP contribution in [0.2, 0.25) is 0 Å². The topological polar surface area (TPSA) is 93.5 Å². The lowest BCUT2D eigenvalue weighted by molar-refractivity contribution is -0.120. The van der Waals surface area contributed by atoms with Crippen LogP contribution >= 0.6 is 0 Å². The van der Waals surface area contributed by atoms with E-state index < -0.39 is 0 Å². The average molecular weight is 279 g/mol. The first-order valence-electron chi connectivity index (χ1n) is 6.46. The number of anilines is 2. The number of carbonyl (C=O) groups is 2. The molecule has 110 valence electrons. The van der Waals surface area contributed by atoms with Crippen molar-refractivity contribution in [3.05, 3.63) is 24.3 Å². The van der Waals surface area contributed by atoms with Crippen LogP contribution in [0.25, 0.3) is 0 Å². The molecular formula is C14H21N3O3. The summed E-state index contributed by atoms with van der Waals surface area (Å²) in [5, 5.41) is 5.47. The van der Waals surface area contributed by atoms with E-state index in [1.165, 1.54) is 7.11 Å². The number of rotatable bonds is 7. The second-order valence-electron chi connectivity index (χ2n) is 4.53. The highest BCUT2D eigenvalue weighted by atomic mass is 16.5. The number of methoxy groups -OCH3 is 1. The molecule has 0 radical (unpaired) electrons. The second kappa shape index (κ2) is 8.29. The lowest BCUT2D eigenvalue weighted by Gasteiger charge is -2.11. The second-order valence-corrected chi connectivity index (χ2v) is 4.53. The van der Waals surface area contributed by atoms with E-state index in [1.807, 2.05) is 6.92 Å². The third kappa shape index (κ3) is 5.38. The minimum Gasteiger partial charge on any atom is -0.375 e. The van der Waals surface area contributed by atoms with Crippen molar-refractivity contribution in [3.8, 4) is 0 Å². The largest absolute Gasteiger partial charge is 0.375 e. The number of benzene rings is 1. The Balaban J connectivity index is 2.54. The van der Waals surface area contributed by atoms with E-state index in [2.05, 4.69) is 10.6 Å². The number of hydrogen-bond donors (Lipinski definition) is 3. The molecule has 1 unspecified atom stereocenters. The van der Waals surface area contributed by atoms with Gasteiger partial charge in [0, 0.05) is 24.4 Å². The molecule has 0 spiro atoms. The summed E-state index contributed by atoms with van der Waals surface area (Å²) in [6.45, 7) is 2.33. The van der Waals surface area contributed by atoms with Crippen molar-refractivity contribution >= 4 is 23.2 Å². The Morgan fingerprint density at radius 3 is 2.25 bits per heavy atom. The van der Waals surface area contributed by atoms with Crippen LogP contribution < -0.4 is 16.4 Å². The van der Waals surface area contributed by atoms with Gasteiger partial charge in [0.15, 0.2) is 0 Å². The Morgan fingerprint density at radius 2 is 1.75 bits per heavy atom. The molecule has 1 aromatic carbocycles. The van der Waals surface area contributed by atoms with Crippen molar-refractivity contribution in [1.29, 1.82) is 0 Å². The Bertz CT molecular complexity index is 445. The molecule has 1 rings (SSSR count). The summed E-state index contributed by atoms with van der Waals surface area (Å²) in [5.74, 6) is -0.409. The lowest BCUT2D eigenvalue weighted by Crippen LogP contribution is -2.22. The lowest BCUT2D eigenvalue weighted by atomic mass is 10.1. The van der Waals surface area contributed by atoms with Gasteiger partial charge in [-0.25, -0.2) is 0 Å². The molecule has 20 heavy (non-hydrogen) atoms. The van der Waals surface area contributed by atoms with Gasteiger partial charge < -0.3 is 21.1 Å². The van der Waals surface area contributed by atoms with Crippen LogP contribution in [-0.2, 0) is 14.3 Å². The Hall–Kier alpha value is -1.92. The van der Waals surface area contributed by atoms with Crippen molar-refractivity contribution in [3.63, 3.8) is 0 Å². The summed E-state index contributed by atoms with van der Waals surface area (Å²) in [5.41, 5.74) is 6.76. The highest BCUT2D eigenvalue weighted by Crippen LogP contribution is 2.15. The monoisotopic (exact) mass is 279 g/mol. The van der Waals surface area contributed by atoms with Crippen LogP contribution in [0.1, 0.15) is 13.3 Å². The number of carbonyl (C=O) groups excluding carboxylic acids is 2. The normalized spacial score (nSPS) is 11.8. The number of amides is 2. The van der Waals surface area contributed by atoms with Gasteiger partial charge in [0.2, 0.25) is 11.8 Å². The van der Waals surface area contributed by atoms with Crippen molar-refractivity contribution in [2.75, 3.05) is 30.9 Å². The average Bonchev–Trinajstić information content (AvgIpc) is 2.41. The highest BCUT2D eigenvalue weighted by Gasteiger charge is 2.11. The molecule has 0 aliphatic rings. The Kier molecular flexibility index (Phi) is 6.69. The maximum absolute atomic E-state index is 11.8. The zero-order valence-corrected chi connectivity index (χ0v) is 11.8. The predicted molar refractivity (Wildman–Crippen MR) is 78.4 cm³/mol. The number of ether oxygens (including phenoxy) is 1. The molecule has 6 heteroatoms. The summed E-state index contributed by atoms with van der Waals surface area (Å²) in [6, 6.07) is 6.90. The third-order valence-electron chi connectivity index (χ3n) is 2.76. The summed E-state index contributed by atoms with van der Waals surface area (Å²) in [6.07, 6.45) is 0.650. The van der Waals surface area contributed by atoms with Crippen molar-refractivity contribution in [2.24, 2.45) is 11.7 Å². The van der Waals surface area contributed by atoms with E-state index in [4.69, 9.17) is 10.5 Å². The van der Waals surface area contributed by atoms with Gasteiger partial charge in [-0.2, -0.15) is 0 Å². The van der Waals surface area contributed by atoms with E-state index in [0.29, 0.717) is 24.3 Å². The van der Waals surface area contributed by atoms with Gasteiger partial charge >= 0.3 is 0 Å². The van der Waals surface area contributed by atoms with Gasteiger partial charge in [-0.1, -0.05) is 6.92 Å². The molecule has 0 fully saturated rings. The minimum atomic E-state index is -0.221. The van der Waals surface area contributed by atoms with Gasteiger partial charge in [-0.3, -0.25) is 9.59 Å². The minimum absolute atomic E-state index is 0.00902. The van der Waals surface area contributed by atoms with E-state index in [-0.39, 0.29) is 24.3 Å². The molecule has 2 amide bonds. The van der Waals surface area contributed by atoms with Crippen molar-refractivity contribution < 1.29 is 14.3 Å². The summed E-state index contributed by atoms with van der Waals surface area (Å²) < 4.78 is 4.72. The maximum Gasteiger partial charge on any atom is 0.250 e. The fourth-order valence-electron chi connectivity index (χ4n) is 1.61. The molecule has 1 aromatic rings. The van der Waals surface area contributed by atoms with Gasteiger partial charge in [-0.15, -0.1) is 0 Å². The molecule has 0 bridgehead atoms. The van der Waals surface area contributed by atoms with Crippen LogP contribution in [0.5, 0.6) is 0 Å². The first-order valence-corrected chi connectivity index (χ1v) is 6.46. The zero-order valence-electron chi connectivity index (χ0n) is 11.8. The molecule has 0 aromatic heterocycles. The molecule has 4 N–H and O–H groups in total. The highest BCUT2D eigenvalue weighted by molar-refractivity contribution is 5.94. The number of nitrogens with two attached hydrogens (primary N) is 1. The van der Waals surface area contributed by atoms with Gasteiger partial charge in [0.1, 0.15) is 6.61 Å². The summed E-state index contributed by atoms with van der Waals surface area (Å²) >= 11 is 0. The van der Waals surface area contributed by atoms with Crippen molar-refractivity contribution in [2.45, 2.75) is 13.3 Å². The zero-order chi connectivity index (χ0) is 15.0. The van der Waals surface area contributed by atoms with E-state index in [0.717, 1.165) is 0 Å². The standard InChI is InChI=1S/C14H21N3O3/c1-10(7-8-15)14(19)17-12-5-3-11(4-6-12)16-13(18)9-20-2/h3-6,10H,7-9,15H2,1-2H3,(H,16,18)(H,17,19). The van der Waals surface area contributed by atoms with Crippen LogP contribution in [-0.4, -0.2) is 32.1 Å². The van der Waals surface area contributed by atoms with E-state index in [9.17, 15) is 9.59 Å². The quantitative estimate of drug-likeness (QED) is 0.699. The smallest absolute Gasteiger partial charge is 0.250 e. The molecule has 0 heterocycles. The maximum atomic E-state index is 11.8. The van der Waals surface area contributed by atoms with Crippen LogP contribution in [0.3, 0.4) is 0 Å². The molecule has 1 atom stereocenters. The number of nitrogens with one attached hydrogen (secondary N) is 2. The van der Waals surface area contributed by atoms with E-state index in [1.54, 1.807) is 24.3 Å². The fourth-order valence-corrected chi connectivity index (χ4v) is 1.61. The Morgan fingerprint density at radius 1 is 1.20 bits per heavy atom. The third-order valence-corrected chi connectivity index (χ3v) is 2.76. The van der Waals surface area contributed by atoms with Crippen LogP contribution in [0.15, 0.2) is 24.3 Å². The van der Waals surface area contributed by atoms with Crippen molar-refractivity contribution in [1.82, 2.24) is 0 Å². The molecule has 0 aliphatic carbocycles. The molecule has 0 saturated heterocycles. The van der Waals surface area contributed by atoms with Gasteiger partial charge in [-0.05, 0) is 37.2 Å². The molecule has 0 saturated carbocycles. The van der Waals surface area contributed by atoms with Gasteiger partial charge in [0.05, 0.1) is 0 Å². The van der Waals surface area contributed by atoms with Crippen LogP contribution in [0, 0.1) is 5.92 Å². The van der Waals surface area contributed by atoms with E-state index >= 15 is 0 Å². The first kappa shape index (κ1) is 16.1. The van der Waals surface area contributed by atoms with Crippen LogP contribution in [0.4, 0.5) is 11.4 Å². The summed E-state index contributed by atoms with van der Waals surface area (Å²) in [4.78, 5) is 23.1. The molecular weight excluding hydrogens is 258 g/mol. The first-order chi connectivity index (χ1) is 9.56. The predicted octanol–water partition coefficient (Wildman–Crippen LogP) is 1.19. The number of hydrogen-bond acceptors (Lipinski definition) is 4. The molecule has 0 aliphatic heterocycles. The fraction of sp³-hybridized carbons (Fsp3) is 0.429. The van der Waals surface area contributed by atoms with Gasteiger partial charge in [0.25, 0.3) is 0 Å². The Labute approximate surface area is 118 Å². The SMILES string of the molecule is COCC(=O)Nc1ccc(NC(=O)C(C)CCN)cc1. The molecule has 6 nitrogen and oxygen atoms in total.